The summed E-state index contributed by atoms with van der Waals surface area (Å²) in [4.78, 5) is 10.1. The van der Waals surface area contributed by atoms with Crippen molar-refractivity contribution in [3.8, 4) is 0 Å². The van der Waals surface area contributed by atoms with Gasteiger partial charge in [-0.1, -0.05) is 30.2 Å². The van der Waals surface area contributed by atoms with Crippen LogP contribution in [0.25, 0.3) is 0 Å². The number of rotatable bonds is 14. The number of hydroxylamine groups is 1. The van der Waals surface area contributed by atoms with Crippen LogP contribution in [-0.4, -0.2) is 93.9 Å². The minimum Gasteiger partial charge on any atom is -0.487 e. The van der Waals surface area contributed by atoms with Crippen LogP contribution in [0.4, 0.5) is 0 Å². The van der Waals surface area contributed by atoms with Gasteiger partial charge in [0, 0.05) is 31.2 Å². The van der Waals surface area contributed by atoms with Crippen molar-refractivity contribution in [2.45, 2.75) is 123 Å². The van der Waals surface area contributed by atoms with Crippen LogP contribution in [0.15, 0.2) is 40.1 Å². The first-order chi connectivity index (χ1) is 18.4. The lowest BCUT2D eigenvalue weighted by atomic mass is 9.96. The maximum atomic E-state index is 11.1. The Bertz CT molecular complexity index is 807. The zero-order valence-electron chi connectivity index (χ0n) is 24.7. The van der Waals surface area contributed by atoms with Gasteiger partial charge < -0.3 is 35.0 Å². The van der Waals surface area contributed by atoms with Crippen LogP contribution in [0.3, 0.4) is 0 Å². The smallest absolute Gasteiger partial charge is 0.195 e. The van der Waals surface area contributed by atoms with Gasteiger partial charge in [0.15, 0.2) is 12.4 Å². The molecule has 8 atom stereocenters. The summed E-state index contributed by atoms with van der Waals surface area (Å²) in [6.07, 6.45) is 1.47. The monoisotopic (exact) mass is 556 g/mol. The first kappa shape index (κ1) is 35.4. The second-order valence-electron chi connectivity index (χ2n) is 10.9. The third-order valence-corrected chi connectivity index (χ3v) is 6.35. The summed E-state index contributed by atoms with van der Waals surface area (Å²) >= 11 is 0. The highest BCUT2D eigenvalue weighted by Gasteiger charge is 2.40. The molecular weight excluding hydrogens is 504 g/mol. The van der Waals surface area contributed by atoms with Crippen molar-refractivity contribution in [1.29, 1.82) is 0 Å². The Hall–Kier alpha value is -1.63. The predicted octanol–water partition coefficient (Wildman–Crippen LogP) is 2.55. The maximum Gasteiger partial charge on any atom is 0.195 e. The van der Waals surface area contributed by atoms with E-state index < -0.39 is 48.8 Å². The minimum atomic E-state index is -1.74. The lowest BCUT2D eigenvalue weighted by molar-refractivity contribution is -0.260. The van der Waals surface area contributed by atoms with Crippen LogP contribution in [0.2, 0.25) is 0 Å². The van der Waals surface area contributed by atoms with Gasteiger partial charge in [-0.25, -0.2) is 0 Å². The fourth-order valence-electron chi connectivity index (χ4n) is 3.93. The standard InChI is InChI=1S/C29H52N2O8/c1-18(2)10-8-11-20(5)12-9-13-23-14-15-30-16-24(39-31-19(3)4)27(22(7)33)38-29(36)28(37-23)26(35)25(34)21(6)17-32/h10,12,14-15,19,21-22,24-29,31-36H,8-9,11,13,16-17H2,1-7H3/b20-12+,23-14-,30-15?. The largest absolute Gasteiger partial charge is 0.487 e. The quantitative estimate of drug-likeness (QED) is 0.140. The third-order valence-electron chi connectivity index (χ3n) is 6.35. The van der Waals surface area contributed by atoms with Crippen molar-refractivity contribution in [3.63, 3.8) is 0 Å². The fourth-order valence-corrected chi connectivity index (χ4v) is 3.93. The lowest BCUT2D eigenvalue weighted by Gasteiger charge is -2.36. The molecule has 1 heterocycles. The van der Waals surface area contributed by atoms with Crippen LogP contribution < -0.4 is 5.48 Å². The molecule has 1 aliphatic rings. The minimum absolute atomic E-state index is 0.0233. The molecule has 0 spiro atoms. The molecular formula is C29H52N2O8. The molecule has 10 heteroatoms. The van der Waals surface area contributed by atoms with E-state index in [9.17, 15) is 25.5 Å². The normalized spacial score (nSPS) is 27.5. The summed E-state index contributed by atoms with van der Waals surface area (Å²) in [6, 6.07) is -0.0233. The van der Waals surface area contributed by atoms with E-state index in [-0.39, 0.29) is 19.2 Å². The number of ether oxygens (including phenoxy) is 2. The molecule has 0 radical (unpaired) electrons. The van der Waals surface area contributed by atoms with Gasteiger partial charge in [0.1, 0.15) is 18.3 Å². The number of hydrogen-bond acceptors (Lipinski definition) is 10. The van der Waals surface area contributed by atoms with Crippen molar-refractivity contribution in [1.82, 2.24) is 5.48 Å². The van der Waals surface area contributed by atoms with E-state index >= 15 is 0 Å². The van der Waals surface area contributed by atoms with Crippen LogP contribution in [0, 0.1) is 5.92 Å². The van der Waals surface area contributed by atoms with E-state index in [4.69, 9.17) is 14.3 Å². The highest BCUT2D eigenvalue weighted by atomic mass is 16.7. The Morgan fingerprint density at radius 1 is 1.10 bits per heavy atom. The molecule has 0 aromatic rings. The fraction of sp³-hybridized carbons (Fsp3) is 0.759. The van der Waals surface area contributed by atoms with E-state index in [0.717, 1.165) is 12.8 Å². The van der Waals surface area contributed by atoms with Crippen molar-refractivity contribution in [3.05, 3.63) is 35.1 Å². The van der Waals surface area contributed by atoms with E-state index in [1.807, 2.05) is 13.8 Å². The Kier molecular flexibility index (Phi) is 16.9. The summed E-state index contributed by atoms with van der Waals surface area (Å²) in [6.45, 7) is 12.8. The third kappa shape index (κ3) is 13.5. The van der Waals surface area contributed by atoms with Crippen LogP contribution >= 0.6 is 0 Å². The van der Waals surface area contributed by atoms with Crippen LogP contribution in [-0.2, 0) is 14.3 Å². The molecule has 226 valence electrons. The number of nitrogens with zero attached hydrogens (tertiary/aromatic N) is 1. The average molecular weight is 557 g/mol. The van der Waals surface area contributed by atoms with Crippen molar-refractivity contribution < 1.29 is 39.8 Å². The van der Waals surface area contributed by atoms with Crippen LogP contribution in [0.5, 0.6) is 0 Å². The number of hydrogen-bond donors (Lipinski definition) is 6. The molecule has 8 unspecified atom stereocenters. The first-order valence-corrected chi connectivity index (χ1v) is 13.9. The zero-order valence-corrected chi connectivity index (χ0v) is 24.7. The maximum absolute atomic E-state index is 11.1. The number of aliphatic imine (C=N–C) groups is 1. The predicted molar refractivity (Wildman–Crippen MR) is 152 cm³/mol. The molecule has 0 saturated carbocycles. The van der Waals surface area contributed by atoms with Crippen molar-refractivity contribution in [2.24, 2.45) is 10.9 Å². The summed E-state index contributed by atoms with van der Waals surface area (Å²) < 4.78 is 11.9. The molecule has 1 aliphatic heterocycles. The van der Waals surface area contributed by atoms with E-state index in [1.165, 1.54) is 18.1 Å². The SMILES string of the molecule is CC(C)=CCC/C(C)=C/CC/C1=C/C=NCC(ONC(C)C)C(C(C)O)OC(O)C(C(O)C(O)C(C)CO)O1. The highest BCUT2D eigenvalue weighted by Crippen LogP contribution is 2.24. The van der Waals surface area contributed by atoms with Gasteiger partial charge >= 0.3 is 0 Å². The lowest BCUT2D eigenvalue weighted by Crippen LogP contribution is -2.53. The van der Waals surface area contributed by atoms with E-state index in [0.29, 0.717) is 18.6 Å². The molecule has 0 aliphatic carbocycles. The molecule has 39 heavy (non-hydrogen) atoms. The summed E-state index contributed by atoms with van der Waals surface area (Å²) in [5.74, 6) is -0.260. The second kappa shape index (κ2) is 18.7. The molecule has 0 bridgehead atoms. The summed E-state index contributed by atoms with van der Waals surface area (Å²) in [7, 11) is 0. The van der Waals surface area contributed by atoms with Gasteiger partial charge in [-0.15, -0.1) is 0 Å². The Morgan fingerprint density at radius 3 is 2.38 bits per heavy atom. The zero-order chi connectivity index (χ0) is 29.5. The van der Waals surface area contributed by atoms with E-state index in [1.54, 1.807) is 19.2 Å². The van der Waals surface area contributed by atoms with E-state index in [2.05, 4.69) is 43.4 Å². The van der Waals surface area contributed by atoms with Crippen molar-refractivity contribution in [2.75, 3.05) is 13.2 Å². The molecule has 0 amide bonds. The van der Waals surface area contributed by atoms with Crippen molar-refractivity contribution >= 4 is 6.21 Å². The topological polar surface area (TPSA) is 153 Å². The molecule has 10 nitrogen and oxygen atoms in total. The van der Waals surface area contributed by atoms with Gasteiger partial charge in [0.05, 0.1) is 24.5 Å². The Balaban J connectivity index is 3.25. The average Bonchev–Trinajstić information content (AvgIpc) is 2.90. The second-order valence-corrected chi connectivity index (χ2v) is 10.9. The number of allylic oxidation sites excluding steroid dienone is 6. The molecule has 0 aromatic heterocycles. The number of aliphatic hydroxyl groups is 5. The Morgan fingerprint density at radius 2 is 1.79 bits per heavy atom. The highest BCUT2D eigenvalue weighted by molar-refractivity contribution is 5.71. The van der Waals surface area contributed by atoms with Gasteiger partial charge in [0.25, 0.3) is 0 Å². The molecule has 0 aromatic carbocycles. The number of nitrogens with one attached hydrogen (secondary N) is 1. The van der Waals surface area contributed by atoms with Gasteiger partial charge in [-0.3, -0.25) is 9.83 Å². The first-order valence-electron chi connectivity index (χ1n) is 13.9. The summed E-state index contributed by atoms with van der Waals surface area (Å²) in [5.41, 5.74) is 5.36. The molecule has 6 N–H and O–H groups in total. The molecule has 1 rings (SSSR count). The molecule has 0 fully saturated rings. The number of aliphatic hydroxyl groups excluding tert-OH is 5. The Labute approximate surface area is 234 Å². The summed E-state index contributed by atoms with van der Waals surface area (Å²) in [5, 5.41) is 52.7. The van der Waals surface area contributed by atoms with Gasteiger partial charge in [0.2, 0.25) is 0 Å². The van der Waals surface area contributed by atoms with Crippen LogP contribution in [0.1, 0.15) is 74.1 Å². The van der Waals surface area contributed by atoms with Gasteiger partial charge in [-0.05, 0) is 66.9 Å². The van der Waals surface area contributed by atoms with Gasteiger partial charge in [-0.2, -0.15) is 5.48 Å². The molecule has 0 saturated heterocycles.